The van der Waals surface area contributed by atoms with E-state index in [4.69, 9.17) is 15.2 Å². The first-order chi connectivity index (χ1) is 10.2. The summed E-state index contributed by atoms with van der Waals surface area (Å²) in [5, 5.41) is 0. The number of nitrogen functional groups attached to an aromatic ring is 1. The summed E-state index contributed by atoms with van der Waals surface area (Å²) in [6.07, 6.45) is -0.617. The highest BCUT2D eigenvalue weighted by molar-refractivity contribution is 5.71. The van der Waals surface area contributed by atoms with Gasteiger partial charge in [0, 0.05) is 6.07 Å². The average Bonchev–Trinajstić information content (AvgIpc) is 2.52. The van der Waals surface area contributed by atoms with E-state index in [0.717, 1.165) is 5.56 Å². The van der Waals surface area contributed by atoms with Crippen LogP contribution < -0.4 is 21.3 Å². The molecule has 2 aromatic rings. The minimum absolute atomic E-state index is 0.185. The number of methoxy groups -OCH3 is 1. The molecule has 0 spiro atoms. The van der Waals surface area contributed by atoms with Crippen molar-refractivity contribution in [2.75, 3.05) is 18.3 Å². The number of carbonyl (C=O) groups is 1. The Hall–Kier alpha value is -2.96. The van der Waals surface area contributed by atoms with Crippen LogP contribution in [-0.4, -0.2) is 18.2 Å². The normalized spacial score (nSPS) is 9.76. The number of nitrogens with two attached hydrogens (primary N) is 1. The van der Waals surface area contributed by atoms with E-state index in [1.807, 2.05) is 30.3 Å². The molecule has 2 rings (SSSR count). The first-order valence-electron chi connectivity index (χ1n) is 6.22. The number of pyridine rings is 1. The van der Waals surface area contributed by atoms with Crippen LogP contribution in [0, 0.1) is 0 Å². The summed E-state index contributed by atoms with van der Waals surface area (Å²) >= 11 is 0. The second-order valence-corrected chi connectivity index (χ2v) is 4.10. The molecule has 110 valence electrons. The van der Waals surface area contributed by atoms with E-state index in [-0.39, 0.29) is 12.4 Å². The van der Waals surface area contributed by atoms with Gasteiger partial charge < -0.3 is 15.2 Å². The van der Waals surface area contributed by atoms with Crippen LogP contribution in [0.4, 0.5) is 16.3 Å². The van der Waals surface area contributed by atoms with Gasteiger partial charge in [-0.2, -0.15) is 4.98 Å². The molecule has 0 aliphatic rings. The van der Waals surface area contributed by atoms with Crippen LogP contribution in [0.2, 0.25) is 0 Å². The summed E-state index contributed by atoms with van der Waals surface area (Å²) in [7, 11) is 1.49. The number of anilines is 2. The third-order valence-corrected chi connectivity index (χ3v) is 2.62. The third kappa shape index (κ3) is 4.27. The zero-order valence-corrected chi connectivity index (χ0v) is 11.5. The molecular formula is C14H16N4O3. The highest BCUT2D eigenvalue weighted by Crippen LogP contribution is 2.18. The molecule has 1 aromatic carbocycles. The third-order valence-electron chi connectivity index (χ3n) is 2.62. The summed E-state index contributed by atoms with van der Waals surface area (Å²) in [6.45, 7) is 0.185. The minimum Gasteiger partial charge on any atom is -0.481 e. The Labute approximate surface area is 122 Å². The van der Waals surface area contributed by atoms with Crippen molar-refractivity contribution in [3.8, 4) is 5.88 Å². The van der Waals surface area contributed by atoms with Crippen molar-refractivity contribution in [2.45, 2.75) is 6.61 Å². The fourth-order valence-electron chi connectivity index (χ4n) is 1.55. The van der Waals surface area contributed by atoms with Crippen LogP contribution in [0.1, 0.15) is 5.56 Å². The van der Waals surface area contributed by atoms with E-state index >= 15 is 0 Å². The molecular weight excluding hydrogens is 272 g/mol. The molecule has 0 bridgehead atoms. The number of hydrogen-bond acceptors (Lipinski definition) is 6. The number of benzene rings is 1. The lowest BCUT2D eigenvalue weighted by Crippen LogP contribution is -2.30. The van der Waals surface area contributed by atoms with E-state index in [1.165, 1.54) is 7.11 Å². The van der Waals surface area contributed by atoms with Crippen molar-refractivity contribution in [2.24, 2.45) is 0 Å². The molecule has 1 aromatic heterocycles. The smallest absolute Gasteiger partial charge is 0.426 e. The summed E-state index contributed by atoms with van der Waals surface area (Å²) < 4.78 is 9.97. The van der Waals surface area contributed by atoms with Gasteiger partial charge in [0.2, 0.25) is 5.88 Å². The molecule has 1 amide bonds. The van der Waals surface area contributed by atoms with E-state index in [9.17, 15) is 4.79 Å². The monoisotopic (exact) mass is 288 g/mol. The molecule has 0 saturated carbocycles. The second kappa shape index (κ2) is 6.99. The van der Waals surface area contributed by atoms with E-state index in [1.54, 1.807) is 12.1 Å². The maximum atomic E-state index is 11.5. The van der Waals surface area contributed by atoms with Gasteiger partial charge in [-0.25, -0.2) is 10.2 Å². The van der Waals surface area contributed by atoms with Gasteiger partial charge in [0.05, 0.1) is 12.8 Å². The molecule has 0 unspecified atom stereocenters. The lowest BCUT2D eigenvalue weighted by Gasteiger charge is -2.11. The maximum Gasteiger partial charge on any atom is 0.426 e. The molecule has 0 radical (unpaired) electrons. The SMILES string of the molecule is COc1ccc(NNC(=O)OCc2ccccc2)c(N)n1. The number of hydrazine groups is 1. The van der Waals surface area contributed by atoms with E-state index in [2.05, 4.69) is 15.8 Å². The summed E-state index contributed by atoms with van der Waals surface area (Å²) in [5.74, 6) is 0.599. The number of amides is 1. The highest BCUT2D eigenvalue weighted by atomic mass is 16.6. The predicted octanol–water partition coefficient (Wildman–Crippen LogP) is 1.93. The zero-order chi connectivity index (χ0) is 15.1. The highest BCUT2D eigenvalue weighted by Gasteiger charge is 2.05. The number of carbonyl (C=O) groups excluding carboxylic acids is 1. The first-order valence-corrected chi connectivity index (χ1v) is 6.22. The van der Waals surface area contributed by atoms with Crippen molar-refractivity contribution < 1.29 is 14.3 Å². The van der Waals surface area contributed by atoms with Gasteiger partial charge in [-0.05, 0) is 11.6 Å². The Morgan fingerprint density at radius 3 is 2.67 bits per heavy atom. The van der Waals surface area contributed by atoms with Crippen molar-refractivity contribution in [1.29, 1.82) is 0 Å². The van der Waals surface area contributed by atoms with Gasteiger partial charge in [-0.15, -0.1) is 0 Å². The molecule has 0 saturated heterocycles. The first kappa shape index (κ1) is 14.4. The molecule has 7 heteroatoms. The van der Waals surface area contributed by atoms with E-state index in [0.29, 0.717) is 11.6 Å². The molecule has 21 heavy (non-hydrogen) atoms. The summed E-state index contributed by atoms with van der Waals surface area (Å²) in [4.78, 5) is 15.5. The predicted molar refractivity (Wildman–Crippen MR) is 78.6 cm³/mol. The van der Waals surface area contributed by atoms with Gasteiger partial charge in [0.25, 0.3) is 0 Å². The zero-order valence-electron chi connectivity index (χ0n) is 11.5. The number of nitrogens with one attached hydrogen (secondary N) is 2. The number of ether oxygens (including phenoxy) is 2. The fraction of sp³-hybridized carbons (Fsp3) is 0.143. The van der Waals surface area contributed by atoms with Gasteiger partial charge in [0.1, 0.15) is 6.61 Å². The molecule has 1 heterocycles. The molecule has 4 N–H and O–H groups in total. The summed E-state index contributed by atoms with van der Waals surface area (Å²) in [6, 6.07) is 12.6. The number of rotatable bonds is 5. The standard InChI is InChI=1S/C14H16N4O3/c1-20-12-8-7-11(13(15)16-12)17-18-14(19)21-9-10-5-3-2-4-6-10/h2-8,17H,9H2,1H3,(H2,15,16)(H,18,19). The fourth-order valence-corrected chi connectivity index (χ4v) is 1.55. The molecule has 0 fully saturated rings. The van der Waals surface area contributed by atoms with Crippen LogP contribution in [0.15, 0.2) is 42.5 Å². The van der Waals surface area contributed by atoms with Crippen molar-refractivity contribution in [1.82, 2.24) is 10.4 Å². The average molecular weight is 288 g/mol. The Balaban J connectivity index is 1.81. The lowest BCUT2D eigenvalue weighted by molar-refractivity contribution is 0.142. The Bertz CT molecular complexity index is 604. The van der Waals surface area contributed by atoms with Crippen molar-refractivity contribution >= 4 is 17.6 Å². The van der Waals surface area contributed by atoms with Gasteiger partial charge in [-0.1, -0.05) is 30.3 Å². The van der Waals surface area contributed by atoms with Crippen molar-refractivity contribution in [3.63, 3.8) is 0 Å². The Morgan fingerprint density at radius 1 is 1.24 bits per heavy atom. The van der Waals surface area contributed by atoms with Crippen LogP contribution in [0.5, 0.6) is 5.88 Å². The van der Waals surface area contributed by atoms with Gasteiger partial charge >= 0.3 is 6.09 Å². The quantitative estimate of drug-likeness (QED) is 0.727. The molecule has 0 aliphatic heterocycles. The molecule has 0 atom stereocenters. The largest absolute Gasteiger partial charge is 0.481 e. The molecule has 7 nitrogen and oxygen atoms in total. The van der Waals surface area contributed by atoms with Crippen LogP contribution >= 0.6 is 0 Å². The van der Waals surface area contributed by atoms with Crippen LogP contribution in [0.25, 0.3) is 0 Å². The number of hydrogen-bond donors (Lipinski definition) is 3. The Kier molecular flexibility index (Phi) is 4.81. The minimum atomic E-state index is -0.617. The van der Waals surface area contributed by atoms with Crippen LogP contribution in [-0.2, 0) is 11.3 Å². The maximum absolute atomic E-state index is 11.5. The second-order valence-electron chi connectivity index (χ2n) is 4.10. The molecule has 0 aliphatic carbocycles. The van der Waals surface area contributed by atoms with Crippen molar-refractivity contribution in [3.05, 3.63) is 48.0 Å². The van der Waals surface area contributed by atoms with Crippen LogP contribution in [0.3, 0.4) is 0 Å². The Morgan fingerprint density at radius 2 is 2.00 bits per heavy atom. The van der Waals surface area contributed by atoms with Gasteiger partial charge in [0.15, 0.2) is 5.82 Å². The topological polar surface area (TPSA) is 98.5 Å². The summed E-state index contributed by atoms with van der Waals surface area (Å²) in [5.41, 5.74) is 12.1. The van der Waals surface area contributed by atoms with Gasteiger partial charge in [-0.3, -0.25) is 5.43 Å². The van der Waals surface area contributed by atoms with E-state index < -0.39 is 6.09 Å². The number of aromatic nitrogens is 1. The lowest BCUT2D eigenvalue weighted by atomic mass is 10.2. The number of nitrogens with zero attached hydrogens (tertiary/aromatic N) is 1.